The van der Waals surface area contributed by atoms with Crippen molar-refractivity contribution in [1.82, 2.24) is 0 Å². The van der Waals surface area contributed by atoms with Gasteiger partial charge in [-0.05, 0) is 12.1 Å². The number of hydrogen-bond donors (Lipinski definition) is 0. The van der Waals surface area contributed by atoms with Gasteiger partial charge in [0.15, 0.2) is 0 Å². The second-order valence-electron chi connectivity index (χ2n) is 2.75. The zero-order chi connectivity index (χ0) is 11.1. The molecule has 2 atom stereocenters. The van der Waals surface area contributed by atoms with Crippen LogP contribution < -0.4 is 9.63 Å². The molecule has 1 aliphatic heterocycles. The number of benzene rings is 1. The molecule has 0 spiro atoms. The van der Waals surface area contributed by atoms with Crippen molar-refractivity contribution in [2.45, 2.75) is 4.99 Å². The lowest BCUT2D eigenvalue weighted by atomic mass is 10.2. The number of carbonyl (C=O) groups excluding carboxylic acids is 1. The molecule has 2 rings (SSSR count). The van der Waals surface area contributed by atoms with E-state index in [1.165, 1.54) is 12.1 Å². The lowest BCUT2D eigenvalue weighted by Crippen LogP contribution is -2.38. The van der Waals surface area contributed by atoms with Gasteiger partial charge in [0.05, 0.1) is 0 Å². The second-order valence-corrected chi connectivity index (χ2v) is 4.61. The summed E-state index contributed by atoms with van der Waals surface area (Å²) in [4.78, 5) is 19.7. The summed E-state index contributed by atoms with van der Waals surface area (Å²) >= 11 is 5.47. The molecule has 2 unspecified atom stereocenters. The van der Waals surface area contributed by atoms with E-state index in [4.69, 9.17) is 16.3 Å². The summed E-state index contributed by atoms with van der Waals surface area (Å²) in [6.45, 7) is 0. The van der Waals surface area contributed by atoms with Gasteiger partial charge in [-0.2, -0.15) is 0 Å². The maximum atomic E-state index is 11.4. The number of rotatable bonds is 1. The quantitative estimate of drug-likeness (QED) is 0.423. The zero-order valence-electron chi connectivity index (χ0n) is 7.18. The lowest BCUT2D eigenvalue weighted by Gasteiger charge is -2.24. The molecule has 5 nitrogen and oxygen atoms in total. The van der Waals surface area contributed by atoms with Crippen molar-refractivity contribution in [3.8, 4) is 5.75 Å². The Bertz CT molecular complexity index is 448. The van der Waals surface area contributed by atoms with Crippen molar-refractivity contribution >= 4 is 25.6 Å². The highest BCUT2D eigenvalue weighted by Crippen LogP contribution is 2.44. The Kier molecular flexibility index (Phi) is 2.38. The Morgan fingerprint density at radius 2 is 2.00 bits per heavy atom. The third kappa shape index (κ3) is 1.69. The van der Waals surface area contributed by atoms with Gasteiger partial charge >= 0.3 is 19.0 Å². The molecule has 0 radical (unpaired) electrons. The topological polar surface area (TPSA) is 75.7 Å². The molecule has 0 fully saturated rings. The minimum absolute atomic E-state index is 0.0861. The number of carbonyl (C=O) groups is 1. The molecule has 78 valence electrons. The van der Waals surface area contributed by atoms with Crippen molar-refractivity contribution in [3.05, 3.63) is 29.8 Å². The molecule has 0 saturated heterocycles. The van der Waals surface area contributed by atoms with E-state index in [0.717, 1.165) is 0 Å². The van der Waals surface area contributed by atoms with Crippen LogP contribution in [0.1, 0.15) is 10.4 Å². The third-order valence-electron chi connectivity index (χ3n) is 1.78. The molecule has 1 heterocycles. The van der Waals surface area contributed by atoms with Crippen molar-refractivity contribution in [2.24, 2.45) is 0 Å². The van der Waals surface area contributed by atoms with Crippen LogP contribution in [0, 0.1) is 0 Å². The van der Waals surface area contributed by atoms with Crippen LogP contribution in [-0.4, -0.2) is 11.0 Å². The SMILES string of the molecule is O=C1OC(Cl)([P+](=O)[O-])Oc2ccccc21. The van der Waals surface area contributed by atoms with Gasteiger partial charge in [-0.15, -0.1) is 0 Å². The molecular formula is C8H4ClO5P. The summed E-state index contributed by atoms with van der Waals surface area (Å²) in [5.74, 6) is -0.742. The Labute approximate surface area is 90.4 Å². The van der Waals surface area contributed by atoms with E-state index >= 15 is 0 Å². The average Bonchev–Trinajstić information content (AvgIpc) is 2.17. The number of para-hydroxylation sites is 1. The van der Waals surface area contributed by atoms with Crippen LogP contribution in [0.2, 0.25) is 0 Å². The summed E-state index contributed by atoms with van der Waals surface area (Å²) in [6, 6.07) is 6.08. The molecular weight excluding hydrogens is 243 g/mol. The van der Waals surface area contributed by atoms with Crippen LogP contribution in [0.25, 0.3) is 0 Å². The molecule has 1 aromatic carbocycles. The van der Waals surface area contributed by atoms with Crippen molar-refractivity contribution in [2.75, 3.05) is 0 Å². The van der Waals surface area contributed by atoms with Crippen molar-refractivity contribution in [1.29, 1.82) is 0 Å². The van der Waals surface area contributed by atoms with Gasteiger partial charge < -0.3 is 14.4 Å². The first kappa shape index (κ1) is 10.4. The Balaban J connectivity index is 2.47. The Morgan fingerprint density at radius 3 is 2.67 bits per heavy atom. The summed E-state index contributed by atoms with van der Waals surface area (Å²) in [5.41, 5.74) is 0.144. The largest absolute Gasteiger partial charge is 0.588 e. The van der Waals surface area contributed by atoms with Gasteiger partial charge in [-0.25, -0.2) is 4.79 Å². The first-order valence-corrected chi connectivity index (χ1v) is 5.43. The first-order valence-electron chi connectivity index (χ1n) is 3.88. The van der Waals surface area contributed by atoms with E-state index in [9.17, 15) is 14.3 Å². The normalized spacial score (nSPS) is 24.9. The number of cyclic esters (lactones) is 1. The summed E-state index contributed by atoms with van der Waals surface area (Å²) < 4.78 is 20.1. The molecule has 0 bridgehead atoms. The average molecular weight is 247 g/mol. The highest BCUT2D eigenvalue weighted by Gasteiger charge is 2.53. The number of alkyl halides is 1. The smallest absolute Gasteiger partial charge is 0.541 e. The molecule has 1 aromatic rings. The van der Waals surface area contributed by atoms with Gasteiger partial charge in [-0.1, -0.05) is 16.7 Å². The van der Waals surface area contributed by atoms with E-state index in [1.54, 1.807) is 12.1 Å². The van der Waals surface area contributed by atoms with Crippen LogP contribution in [0.15, 0.2) is 24.3 Å². The highest BCUT2D eigenvalue weighted by molar-refractivity contribution is 7.40. The van der Waals surface area contributed by atoms with Crippen molar-refractivity contribution in [3.63, 3.8) is 0 Å². The fraction of sp³-hybridized carbons (Fsp3) is 0.125. The number of ether oxygens (including phenoxy) is 2. The Hall–Kier alpha value is -1.16. The molecule has 0 N–H and O–H groups in total. The molecule has 0 aromatic heterocycles. The van der Waals surface area contributed by atoms with E-state index in [0.29, 0.717) is 0 Å². The minimum atomic E-state index is -3.25. The maximum Gasteiger partial charge on any atom is 0.541 e. The Morgan fingerprint density at radius 1 is 1.33 bits per heavy atom. The fourth-order valence-electron chi connectivity index (χ4n) is 1.12. The molecule has 15 heavy (non-hydrogen) atoms. The van der Waals surface area contributed by atoms with Crippen LogP contribution in [-0.2, 0) is 9.30 Å². The lowest BCUT2D eigenvalue weighted by molar-refractivity contribution is -0.189. The van der Waals surface area contributed by atoms with E-state index in [2.05, 4.69) is 4.74 Å². The van der Waals surface area contributed by atoms with Gasteiger partial charge in [-0.3, -0.25) is 0 Å². The molecule has 0 saturated carbocycles. The van der Waals surface area contributed by atoms with Crippen LogP contribution in [0.3, 0.4) is 0 Å². The summed E-state index contributed by atoms with van der Waals surface area (Å²) in [5, 5.41) is 0. The molecule has 0 aliphatic carbocycles. The zero-order valence-corrected chi connectivity index (χ0v) is 8.83. The summed E-state index contributed by atoms with van der Waals surface area (Å²) in [6.07, 6.45) is 0. The first-order chi connectivity index (χ1) is 7.03. The van der Waals surface area contributed by atoms with E-state index in [-0.39, 0.29) is 11.3 Å². The third-order valence-corrected chi connectivity index (χ3v) is 2.97. The number of hydrogen-bond acceptors (Lipinski definition) is 5. The summed E-state index contributed by atoms with van der Waals surface area (Å²) in [7, 11) is -3.25. The highest BCUT2D eigenvalue weighted by atomic mass is 35.5. The van der Waals surface area contributed by atoms with Crippen LogP contribution in [0.4, 0.5) is 0 Å². The molecule has 1 aliphatic rings. The standard InChI is InChI=1S/C8H4ClO5P/c9-8(15(11)12)13-6-4-2-1-3-5(6)7(10)14-8/h1-4H. The monoisotopic (exact) mass is 246 g/mol. The number of fused-ring (bicyclic) bond motifs is 1. The second kappa shape index (κ2) is 3.45. The van der Waals surface area contributed by atoms with Crippen LogP contribution >= 0.6 is 19.6 Å². The van der Waals surface area contributed by atoms with E-state index < -0.39 is 19.0 Å². The predicted molar refractivity (Wildman–Crippen MR) is 48.7 cm³/mol. The van der Waals surface area contributed by atoms with Gasteiger partial charge in [0.2, 0.25) is 0 Å². The number of esters is 1. The maximum absolute atomic E-state index is 11.4. The van der Waals surface area contributed by atoms with Gasteiger partial charge in [0, 0.05) is 11.6 Å². The van der Waals surface area contributed by atoms with Crippen molar-refractivity contribution < 1.29 is 23.7 Å². The molecule has 0 amide bonds. The van der Waals surface area contributed by atoms with E-state index in [1.807, 2.05) is 0 Å². The number of halogens is 1. The minimum Gasteiger partial charge on any atom is -0.588 e. The predicted octanol–water partition coefficient (Wildman–Crippen LogP) is 1.19. The fourth-order valence-corrected chi connectivity index (χ4v) is 1.61. The molecule has 7 heteroatoms. The van der Waals surface area contributed by atoms with Gasteiger partial charge in [0.1, 0.15) is 11.3 Å². The van der Waals surface area contributed by atoms with Gasteiger partial charge in [0.25, 0.3) is 0 Å². The van der Waals surface area contributed by atoms with Crippen LogP contribution in [0.5, 0.6) is 5.75 Å².